The molecule has 3 heteroatoms. The highest BCUT2D eigenvalue weighted by atomic mass is 16.3. The van der Waals surface area contributed by atoms with E-state index in [1.54, 1.807) is 0 Å². The number of hydrogen-bond donors (Lipinski definition) is 1. The maximum Gasteiger partial charge on any atom is 0.0639 e. The van der Waals surface area contributed by atoms with Gasteiger partial charge in [-0.1, -0.05) is 24.3 Å². The van der Waals surface area contributed by atoms with Crippen molar-refractivity contribution in [3.63, 3.8) is 0 Å². The second-order valence-corrected chi connectivity index (χ2v) is 6.56. The minimum absolute atomic E-state index is 0.264. The minimum Gasteiger partial charge on any atom is -0.392 e. The normalized spacial score (nSPS) is 16.2. The number of hydrogen-bond acceptors (Lipinski definition) is 2. The summed E-state index contributed by atoms with van der Waals surface area (Å²) in [6, 6.07) is 13.6. The number of nitrogens with zero attached hydrogens (tertiary/aromatic N) is 2. The van der Waals surface area contributed by atoms with E-state index >= 15 is 0 Å². The molecule has 118 valence electrons. The summed E-state index contributed by atoms with van der Waals surface area (Å²) in [6.45, 7) is 6.65. The van der Waals surface area contributed by atoms with Gasteiger partial charge in [0.1, 0.15) is 0 Å². The van der Waals surface area contributed by atoms with Crippen LogP contribution in [0.5, 0.6) is 0 Å². The summed E-state index contributed by atoms with van der Waals surface area (Å²) in [7, 11) is 0. The van der Waals surface area contributed by atoms with Crippen LogP contribution in [0, 0.1) is 6.92 Å². The smallest absolute Gasteiger partial charge is 0.0639 e. The summed E-state index contributed by atoms with van der Waals surface area (Å²) >= 11 is 0. The van der Waals surface area contributed by atoms with Crippen molar-refractivity contribution in [1.29, 1.82) is 0 Å². The first-order chi connectivity index (χ1) is 10.6. The zero-order valence-electron chi connectivity index (χ0n) is 13.6. The Morgan fingerprint density at radius 1 is 1.23 bits per heavy atom. The van der Waals surface area contributed by atoms with E-state index < -0.39 is 0 Å². The first-order valence-electron chi connectivity index (χ1n) is 8.24. The quantitative estimate of drug-likeness (QED) is 0.850. The standard InChI is InChI=1S/C19H26N2O/c1-15-6-3-4-7-17(15)13-20-11-5-8-19(20)14-21(12-16(2)22)18-9-10-18/h3-8,11,16,18,22H,9-10,12-14H2,1-2H3/t16-/m0/s1. The average Bonchev–Trinajstić information content (AvgIpc) is 3.23. The Hall–Kier alpha value is -1.58. The van der Waals surface area contributed by atoms with Crippen molar-refractivity contribution in [3.05, 3.63) is 59.4 Å². The van der Waals surface area contributed by atoms with Crippen LogP contribution in [-0.2, 0) is 13.1 Å². The fourth-order valence-corrected chi connectivity index (χ4v) is 3.05. The Bertz CT molecular complexity index is 613. The van der Waals surface area contributed by atoms with E-state index in [4.69, 9.17) is 0 Å². The predicted octanol–water partition coefficient (Wildman–Crippen LogP) is 3.19. The Kier molecular flexibility index (Phi) is 4.65. The third kappa shape index (κ3) is 3.79. The Morgan fingerprint density at radius 2 is 2.00 bits per heavy atom. The van der Waals surface area contributed by atoms with Crippen molar-refractivity contribution in [3.8, 4) is 0 Å². The Labute approximate surface area is 133 Å². The summed E-state index contributed by atoms with van der Waals surface area (Å²) in [6.07, 6.45) is 4.44. The van der Waals surface area contributed by atoms with Crippen molar-refractivity contribution in [2.24, 2.45) is 0 Å². The van der Waals surface area contributed by atoms with Gasteiger partial charge in [-0.05, 0) is 49.9 Å². The lowest BCUT2D eigenvalue weighted by Crippen LogP contribution is -2.33. The highest BCUT2D eigenvalue weighted by Crippen LogP contribution is 2.28. The van der Waals surface area contributed by atoms with Gasteiger partial charge >= 0.3 is 0 Å². The van der Waals surface area contributed by atoms with E-state index in [-0.39, 0.29) is 6.10 Å². The molecule has 3 nitrogen and oxygen atoms in total. The number of aliphatic hydroxyl groups is 1. The van der Waals surface area contributed by atoms with Crippen LogP contribution < -0.4 is 0 Å². The lowest BCUT2D eigenvalue weighted by atomic mass is 10.1. The van der Waals surface area contributed by atoms with E-state index in [0.717, 1.165) is 19.6 Å². The fraction of sp³-hybridized carbons (Fsp3) is 0.474. The van der Waals surface area contributed by atoms with Gasteiger partial charge in [0.25, 0.3) is 0 Å². The van der Waals surface area contributed by atoms with Crippen molar-refractivity contribution >= 4 is 0 Å². The SMILES string of the molecule is Cc1ccccc1Cn1cccc1CN(C[C@H](C)O)C1CC1. The number of rotatable bonds is 7. The molecule has 0 aliphatic heterocycles. The zero-order chi connectivity index (χ0) is 15.5. The van der Waals surface area contributed by atoms with Crippen molar-refractivity contribution in [2.45, 2.75) is 51.9 Å². The van der Waals surface area contributed by atoms with Gasteiger partial charge < -0.3 is 9.67 Å². The first-order valence-corrected chi connectivity index (χ1v) is 8.24. The van der Waals surface area contributed by atoms with Crippen molar-refractivity contribution in [2.75, 3.05) is 6.54 Å². The molecule has 1 aliphatic carbocycles. The van der Waals surface area contributed by atoms with E-state index in [0.29, 0.717) is 6.04 Å². The lowest BCUT2D eigenvalue weighted by Gasteiger charge is -2.24. The van der Waals surface area contributed by atoms with E-state index in [9.17, 15) is 5.11 Å². The predicted molar refractivity (Wildman–Crippen MR) is 89.8 cm³/mol. The van der Waals surface area contributed by atoms with Crippen LogP contribution in [0.4, 0.5) is 0 Å². The number of aliphatic hydroxyl groups excluding tert-OH is 1. The van der Waals surface area contributed by atoms with Gasteiger partial charge in [-0.15, -0.1) is 0 Å². The third-order valence-corrected chi connectivity index (χ3v) is 4.45. The molecular weight excluding hydrogens is 272 g/mol. The Morgan fingerprint density at radius 3 is 2.68 bits per heavy atom. The monoisotopic (exact) mass is 298 g/mol. The molecule has 0 saturated heterocycles. The molecule has 3 rings (SSSR count). The molecule has 1 N–H and O–H groups in total. The van der Waals surface area contributed by atoms with Gasteiger partial charge in [0.05, 0.1) is 6.10 Å². The van der Waals surface area contributed by atoms with E-state index in [1.165, 1.54) is 29.7 Å². The van der Waals surface area contributed by atoms with Gasteiger partial charge in [0.15, 0.2) is 0 Å². The molecule has 22 heavy (non-hydrogen) atoms. The minimum atomic E-state index is -0.264. The molecular formula is C19H26N2O. The highest BCUT2D eigenvalue weighted by Gasteiger charge is 2.30. The summed E-state index contributed by atoms with van der Waals surface area (Å²) in [5.41, 5.74) is 4.04. The summed E-state index contributed by atoms with van der Waals surface area (Å²) < 4.78 is 2.33. The topological polar surface area (TPSA) is 28.4 Å². The lowest BCUT2D eigenvalue weighted by molar-refractivity contribution is 0.116. The van der Waals surface area contributed by atoms with Gasteiger partial charge in [-0.25, -0.2) is 0 Å². The fourth-order valence-electron chi connectivity index (χ4n) is 3.05. The second kappa shape index (κ2) is 6.67. The van der Waals surface area contributed by atoms with Crippen LogP contribution in [0.1, 0.15) is 36.6 Å². The highest BCUT2D eigenvalue weighted by molar-refractivity contribution is 5.26. The van der Waals surface area contributed by atoms with Gasteiger partial charge in [0, 0.05) is 37.6 Å². The molecule has 1 aromatic heterocycles. The van der Waals surface area contributed by atoms with Gasteiger partial charge in [-0.2, -0.15) is 0 Å². The molecule has 1 fully saturated rings. The van der Waals surface area contributed by atoms with Gasteiger partial charge in [-0.3, -0.25) is 4.90 Å². The van der Waals surface area contributed by atoms with Crippen LogP contribution in [0.2, 0.25) is 0 Å². The van der Waals surface area contributed by atoms with Crippen molar-refractivity contribution < 1.29 is 5.11 Å². The number of aromatic nitrogens is 1. The van der Waals surface area contributed by atoms with Crippen LogP contribution >= 0.6 is 0 Å². The molecule has 1 saturated carbocycles. The molecule has 0 spiro atoms. The van der Waals surface area contributed by atoms with Crippen LogP contribution in [-0.4, -0.2) is 33.3 Å². The molecule has 1 aliphatic rings. The molecule has 0 amide bonds. The summed E-state index contributed by atoms with van der Waals surface area (Å²) in [5, 5.41) is 9.72. The van der Waals surface area contributed by atoms with Crippen LogP contribution in [0.15, 0.2) is 42.6 Å². The molecule has 0 bridgehead atoms. The average molecular weight is 298 g/mol. The van der Waals surface area contributed by atoms with Crippen LogP contribution in [0.25, 0.3) is 0 Å². The molecule has 1 aromatic carbocycles. The summed E-state index contributed by atoms with van der Waals surface area (Å²) in [5.74, 6) is 0. The summed E-state index contributed by atoms with van der Waals surface area (Å²) in [4.78, 5) is 2.42. The van der Waals surface area contributed by atoms with Gasteiger partial charge in [0.2, 0.25) is 0 Å². The molecule has 0 unspecified atom stereocenters. The van der Waals surface area contributed by atoms with E-state index in [1.807, 2.05) is 6.92 Å². The molecule has 1 atom stereocenters. The maximum absolute atomic E-state index is 9.72. The Balaban J connectivity index is 1.72. The van der Waals surface area contributed by atoms with Crippen molar-refractivity contribution in [1.82, 2.24) is 9.47 Å². The molecule has 1 heterocycles. The second-order valence-electron chi connectivity index (χ2n) is 6.56. The molecule has 2 aromatic rings. The maximum atomic E-state index is 9.72. The largest absolute Gasteiger partial charge is 0.392 e. The molecule has 0 radical (unpaired) electrons. The van der Waals surface area contributed by atoms with E-state index in [2.05, 4.69) is 59.0 Å². The first kappa shape index (κ1) is 15.3. The number of benzene rings is 1. The number of aryl methyl sites for hydroxylation is 1. The van der Waals surface area contributed by atoms with Crippen LogP contribution in [0.3, 0.4) is 0 Å². The zero-order valence-corrected chi connectivity index (χ0v) is 13.6. The third-order valence-electron chi connectivity index (χ3n) is 4.45.